The van der Waals surface area contributed by atoms with Crippen molar-refractivity contribution in [2.75, 3.05) is 30.4 Å². The number of carbonyl (C=O) groups excluding carboxylic acids is 1. The molecule has 1 saturated heterocycles. The molecule has 1 atom stereocenters. The van der Waals surface area contributed by atoms with E-state index in [-0.39, 0.29) is 5.97 Å². The number of methoxy groups -OCH3 is 1. The van der Waals surface area contributed by atoms with E-state index in [1.165, 1.54) is 13.5 Å². The van der Waals surface area contributed by atoms with Gasteiger partial charge in [-0.15, -0.1) is 5.10 Å². The molecule has 1 aliphatic heterocycles. The number of ether oxygens (including phenoxy) is 1. The summed E-state index contributed by atoms with van der Waals surface area (Å²) in [5, 5.41) is 11.4. The summed E-state index contributed by atoms with van der Waals surface area (Å²) >= 11 is 0. The SMILES string of the molecule is COC(=O)c1ccc(Nc2cnnc(N3CCCC(C)C3)n2)cc1. The number of benzene rings is 1. The monoisotopic (exact) mass is 327 g/mol. The minimum Gasteiger partial charge on any atom is -0.465 e. The number of rotatable bonds is 4. The van der Waals surface area contributed by atoms with Crippen molar-refractivity contribution in [2.45, 2.75) is 19.8 Å². The molecule has 1 fully saturated rings. The third-order valence-electron chi connectivity index (χ3n) is 4.07. The molecular formula is C17H21N5O2. The van der Waals surface area contributed by atoms with Gasteiger partial charge in [0.2, 0.25) is 5.95 Å². The largest absolute Gasteiger partial charge is 0.465 e. The molecule has 1 unspecified atom stereocenters. The van der Waals surface area contributed by atoms with Crippen molar-refractivity contribution in [3.05, 3.63) is 36.0 Å². The first-order valence-electron chi connectivity index (χ1n) is 8.06. The summed E-state index contributed by atoms with van der Waals surface area (Å²) in [6.07, 6.45) is 3.98. The van der Waals surface area contributed by atoms with E-state index in [1.54, 1.807) is 30.5 Å². The van der Waals surface area contributed by atoms with Crippen molar-refractivity contribution in [3.63, 3.8) is 0 Å². The first-order valence-corrected chi connectivity index (χ1v) is 8.06. The van der Waals surface area contributed by atoms with Gasteiger partial charge in [0.15, 0.2) is 5.82 Å². The van der Waals surface area contributed by atoms with Crippen molar-refractivity contribution < 1.29 is 9.53 Å². The second-order valence-corrected chi connectivity index (χ2v) is 6.03. The van der Waals surface area contributed by atoms with Crippen LogP contribution >= 0.6 is 0 Å². The Balaban J connectivity index is 1.71. The number of anilines is 3. The first-order chi connectivity index (χ1) is 11.7. The minimum absolute atomic E-state index is 0.355. The molecule has 0 radical (unpaired) electrons. The Bertz CT molecular complexity index is 704. The first kappa shape index (κ1) is 16.2. The molecule has 1 aliphatic rings. The summed E-state index contributed by atoms with van der Waals surface area (Å²) in [5.74, 6) is 1.57. The summed E-state index contributed by atoms with van der Waals surface area (Å²) in [6.45, 7) is 4.16. The molecule has 0 spiro atoms. The predicted octanol–water partition coefficient (Wildman–Crippen LogP) is 2.64. The Morgan fingerprint density at radius 1 is 1.33 bits per heavy atom. The van der Waals surface area contributed by atoms with Gasteiger partial charge >= 0.3 is 5.97 Å². The minimum atomic E-state index is -0.355. The van der Waals surface area contributed by atoms with Crippen LogP contribution in [0.3, 0.4) is 0 Å². The molecule has 0 aliphatic carbocycles. The third-order valence-corrected chi connectivity index (χ3v) is 4.07. The zero-order chi connectivity index (χ0) is 16.9. The van der Waals surface area contributed by atoms with Crippen LogP contribution in [-0.4, -0.2) is 41.3 Å². The average molecular weight is 327 g/mol. The standard InChI is InChI=1S/C17H21N5O2/c1-12-4-3-9-22(11-12)17-20-15(10-18-21-17)19-14-7-5-13(6-8-14)16(23)24-2/h5-8,10,12H,3-4,9,11H2,1-2H3,(H,19,20,21). The van der Waals surface area contributed by atoms with E-state index in [0.717, 1.165) is 25.2 Å². The molecule has 24 heavy (non-hydrogen) atoms. The fraction of sp³-hybridized carbons (Fsp3) is 0.412. The van der Waals surface area contributed by atoms with Crippen LogP contribution in [0.25, 0.3) is 0 Å². The fourth-order valence-electron chi connectivity index (χ4n) is 2.81. The molecule has 0 saturated carbocycles. The van der Waals surface area contributed by atoms with E-state index < -0.39 is 0 Å². The lowest BCUT2D eigenvalue weighted by Crippen LogP contribution is -2.35. The van der Waals surface area contributed by atoms with Gasteiger partial charge < -0.3 is 15.0 Å². The zero-order valence-electron chi connectivity index (χ0n) is 13.9. The second-order valence-electron chi connectivity index (χ2n) is 6.03. The Hall–Kier alpha value is -2.70. The van der Waals surface area contributed by atoms with Gasteiger partial charge in [-0.1, -0.05) is 6.92 Å². The molecule has 126 valence electrons. The van der Waals surface area contributed by atoms with Crippen molar-refractivity contribution in [3.8, 4) is 0 Å². The summed E-state index contributed by atoms with van der Waals surface area (Å²) < 4.78 is 4.69. The van der Waals surface area contributed by atoms with Crippen LogP contribution in [0.5, 0.6) is 0 Å². The zero-order valence-corrected chi connectivity index (χ0v) is 13.9. The maximum atomic E-state index is 11.5. The Labute approximate surface area is 141 Å². The van der Waals surface area contributed by atoms with Crippen LogP contribution in [0.4, 0.5) is 17.5 Å². The van der Waals surface area contributed by atoms with E-state index in [4.69, 9.17) is 4.74 Å². The number of nitrogens with one attached hydrogen (secondary N) is 1. The van der Waals surface area contributed by atoms with E-state index in [9.17, 15) is 4.79 Å². The lowest BCUT2D eigenvalue weighted by molar-refractivity contribution is 0.0601. The van der Waals surface area contributed by atoms with Crippen molar-refractivity contribution >= 4 is 23.4 Å². The Kier molecular flexibility index (Phi) is 4.88. The molecule has 0 bridgehead atoms. The predicted molar refractivity (Wildman–Crippen MR) is 91.5 cm³/mol. The number of hydrogen-bond donors (Lipinski definition) is 1. The van der Waals surface area contributed by atoms with Crippen LogP contribution in [-0.2, 0) is 4.74 Å². The van der Waals surface area contributed by atoms with Crippen molar-refractivity contribution in [1.29, 1.82) is 0 Å². The van der Waals surface area contributed by atoms with Crippen LogP contribution in [0.2, 0.25) is 0 Å². The number of piperidine rings is 1. The van der Waals surface area contributed by atoms with Crippen LogP contribution in [0.15, 0.2) is 30.5 Å². The van der Waals surface area contributed by atoms with Gasteiger partial charge in [-0.3, -0.25) is 0 Å². The summed E-state index contributed by atoms with van der Waals surface area (Å²) in [5.41, 5.74) is 1.33. The van der Waals surface area contributed by atoms with Gasteiger partial charge in [-0.25, -0.2) is 4.79 Å². The van der Waals surface area contributed by atoms with E-state index in [2.05, 4.69) is 32.3 Å². The van der Waals surface area contributed by atoms with E-state index >= 15 is 0 Å². The lowest BCUT2D eigenvalue weighted by atomic mass is 10.0. The summed E-state index contributed by atoms with van der Waals surface area (Å²) in [7, 11) is 1.37. The van der Waals surface area contributed by atoms with Gasteiger partial charge in [-0.05, 0) is 43.0 Å². The lowest BCUT2D eigenvalue weighted by Gasteiger charge is -2.30. The normalized spacial score (nSPS) is 17.4. The Morgan fingerprint density at radius 3 is 2.83 bits per heavy atom. The maximum Gasteiger partial charge on any atom is 0.337 e. The second kappa shape index (κ2) is 7.25. The van der Waals surface area contributed by atoms with Crippen molar-refractivity contribution in [1.82, 2.24) is 15.2 Å². The van der Waals surface area contributed by atoms with Gasteiger partial charge in [0, 0.05) is 18.8 Å². The number of aromatic nitrogens is 3. The quantitative estimate of drug-likeness (QED) is 0.865. The molecule has 7 nitrogen and oxygen atoms in total. The molecular weight excluding hydrogens is 306 g/mol. The topological polar surface area (TPSA) is 80.2 Å². The highest BCUT2D eigenvalue weighted by Crippen LogP contribution is 2.21. The van der Waals surface area contributed by atoms with Crippen molar-refractivity contribution in [2.24, 2.45) is 5.92 Å². The van der Waals surface area contributed by atoms with Gasteiger partial charge in [0.05, 0.1) is 18.9 Å². The number of carbonyl (C=O) groups is 1. The van der Waals surface area contributed by atoms with E-state index in [1.807, 2.05) is 0 Å². The Morgan fingerprint density at radius 2 is 2.12 bits per heavy atom. The summed E-state index contributed by atoms with van der Waals surface area (Å²) in [6, 6.07) is 7.01. The molecule has 3 rings (SSSR count). The fourth-order valence-corrected chi connectivity index (χ4v) is 2.81. The van der Waals surface area contributed by atoms with Gasteiger partial charge in [-0.2, -0.15) is 10.1 Å². The highest BCUT2D eigenvalue weighted by Gasteiger charge is 2.19. The molecule has 7 heteroatoms. The van der Waals surface area contributed by atoms with Gasteiger partial charge in [0.25, 0.3) is 0 Å². The molecule has 1 N–H and O–H groups in total. The van der Waals surface area contributed by atoms with Gasteiger partial charge in [0.1, 0.15) is 0 Å². The van der Waals surface area contributed by atoms with Crippen LogP contribution in [0, 0.1) is 5.92 Å². The summed E-state index contributed by atoms with van der Waals surface area (Å²) in [4.78, 5) is 18.2. The molecule has 1 aromatic carbocycles. The van der Waals surface area contributed by atoms with Crippen LogP contribution < -0.4 is 10.2 Å². The highest BCUT2D eigenvalue weighted by atomic mass is 16.5. The molecule has 1 aromatic heterocycles. The molecule has 2 heterocycles. The number of nitrogens with zero attached hydrogens (tertiary/aromatic N) is 4. The highest BCUT2D eigenvalue weighted by molar-refractivity contribution is 5.89. The number of hydrogen-bond acceptors (Lipinski definition) is 7. The van der Waals surface area contributed by atoms with E-state index in [0.29, 0.717) is 23.2 Å². The number of esters is 1. The molecule has 0 amide bonds. The average Bonchev–Trinajstić information content (AvgIpc) is 2.62. The smallest absolute Gasteiger partial charge is 0.337 e. The maximum absolute atomic E-state index is 11.5. The third kappa shape index (κ3) is 3.79. The molecule has 2 aromatic rings. The van der Waals surface area contributed by atoms with Crippen LogP contribution in [0.1, 0.15) is 30.1 Å².